The van der Waals surface area contributed by atoms with Crippen LogP contribution >= 0.6 is 11.6 Å². The van der Waals surface area contributed by atoms with Gasteiger partial charge in [0.15, 0.2) is 11.3 Å². The molecule has 90 valence electrons. The summed E-state index contributed by atoms with van der Waals surface area (Å²) >= 11 is 5.61. The second-order valence-corrected chi connectivity index (χ2v) is 3.99. The summed E-state index contributed by atoms with van der Waals surface area (Å²) in [6, 6.07) is 8.39. The smallest absolute Gasteiger partial charge is 0.285 e. The van der Waals surface area contributed by atoms with E-state index in [1.54, 1.807) is 18.4 Å². The first kappa shape index (κ1) is 10.9. The highest BCUT2D eigenvalue weighted by Crippen LogP contribution is 2.28. The van der Waals surface area contributed by atoms with E-state index in [0.717, 1.165) is 5.39 Å². The first-order valence-electron chi connectivity index (χ1n) is 5.13. The van der Waals surface area contributed by atoms with Gasteiger partial charge in [-0.05, 0) is 12.1 Å². The van der Waals surface area contributed by atoms with Crippen LogP contribution in [0.5, 0.6) is 11.6 Å². The Morgan fingerprint density at radius 3 is 3.06 bits per heavy atom. The summed E-state index contributed by atoms with van der Waals surface area (Å²) in [5.41, 5.74) is 0.163. The van der Waals surface area contributed by atoms with E-state index < -0.39 is 5.43 Å². The molecule has 0 radical (unpaired) electrons. The first-order valence-corrected chi connectivity index (χ1v) is 5.51. The topological polar surface area (TPSA) is 68.1 Å². The summed E-state index contributed by atoms with van der Waals surface area (Å²) in [6.07, 6.45) is 1.55. The zero-order valence-electron chi connectivity index (χ0n) is 9.01. The Kier molecular flexibility index (Phi) is 2.53. The molecule has 0 aliphatic rings. The van der Waals surface area contributed by atoms with Crippen LogP contribution in [0.15, 0.2) is 45.8 Å². The van der Waals surface area contributed by atoms with Gasteiger partial charge in [-0.25, -0.2) is 0 Å². The third-order valence-electron chi connectivity index (χ3n) is 2.38. The molecule has 0 spiro atoms. The molecule has 3 rings (SSSR count). The minimum absolute atomic E-state index is 0.0803. The number of furan rings is 1. The number of nitrogens with one attached hydrogen (secondary N) is 1. The van der Waals surface area contributed by atoms with E-state index in [-0.39, 0.29) is 11.0 Å². The van der Waals surface area contributed by atoms with E-state index in [9.17, 15) is 4.79 Å². The molecule has 0 saturated carbocycles. The van der Waals surface area contributed by atoms with Gasteiger partial charge in [0, 0.05) is 11.5 Å². The maximum Gasteiger partial charge on any atom is 0.285 e. The number of H-pyrrole nitrogens is 1. The van der Waals surface area contributed by atoms with Gasteiger partial charge in [-0.3, -0.25) is 9.89 Å². The van der Waals surface area contributed by atoms with E-state index in [1.165, 1.54) is 6.07 Å². The molecular weight excluding hydrogens is 256 g/mol. The fraction of sp³-hybridized carbons (Fsp3) is 0. The standard InChI is InChI=1S/C12H7ClN2O3/c13-10-6-8(16)12(15-14-10)18-9-3-1-2-7-4-5-17-11(7)9/h1-6H,(H,14,16). The van der Waals surface area contributed by atoms with Crippen molar-refractivity contribution in [3.8, 4) is 11.6 Å². The number of halogens is 1. The molecular formula is C12H7ClN2O3. The van der Waals surface area contributed by atoms with Crippen LogP contribution in [-0.4, -0.2) is 10.2 Å². The minimum atomic E-state index is -0.401. The molecule has 0 unspecified atom stereocenters. The third-order valence-corrected chi connectivity index (χ3v) is 2.58. The summed E-state index contributed by atoms with van der Waals surface area (Å²) in [5, 5.41) is 7.24. The molecule has 0 atom stereocenters. The van der Waals surface area contributed by atoms with E-state index in [2.05, 4.69) is 10.2 Å². The summed E-state index contributed by atoms with van der Waals surface area (Å²) in [5.74, 6) is 0.348. The van der Waals surface area contributed by atoms with Gasteiger partial charge in [0.1, 0.15) is 5.15 Å². The quantitative estimate of drug-likeness (QED) is 0.771. The number of hydrogen-bond donors (Lipinski definition) is 1. The SMILES string of the molecule is O=c1cc(Cl)[nH]nc1Oc1cccc2ccoc12. The number of aromatic amines is 1. The van der Waals surface area contributed by atoms with Crippen molar-refractivity contribution in [2.24, 2.45) is 0 Å². The molecule has 0 fully saturated rings. The number of hydrogen-bond acceptors (Lipinski definition) is 4. The fourth-order valence-corrected chi connectivity index (χ4v) is 1.73. The van der Waals surface area contributed by atoms with Crippen LogP contribution in [-0.2, 0) is 0 Å². The predicted octanol–water partition coefficient (Wildman–Crippen LogP) is 2.96. The van der Waals surface area contributed by atoms with E-state index in [1.807, 2.05) is 12.1 Å². The molecule has 2 heterocycles. The minimum Gasteiger partial charge on any atom is -0.460 e. The zero-order valence-corrected chi connectivity index (χ0v) is 9.77. The maximum atomic E-state index is 11.6. The summed E-state index contributed by atoms with van der Waals surface area (Å²) in [7, 11) is 0. The van der Waals surface area contributed by atoms with Crippen LogP contribution in [0.4, 0.5) is 0 Å². The highest BCUT2D eigenvalue weighted by molar-refractivity contribution is 6.29. The van der Waals surface area contributed by atoms with Crippen molar-refractivity contribution in [1.82, 2.24) is 10.2 Å². The molecule has 0 amide bonds. The second-order valence-electron chi connectivity index (χ2n) is 3.58. The molecule has 1 N–H and O–H groups in total. The first-order chi connectivity index (χ1) is 8.74. The molecule has 3 aromatic rings. The normalized spacial score (nSPS) is 10.7. The van der Waals surface area contributed by atoms with Crippen LogP contribution in [0, 0.1) is 0 Å². The van der Waals surface area contributed by atoms with Crippen molar-refractivity contribution in [1.29, 1.82) is 0 Å². The van der Waals surface area contributed by atoms with Crippen molar-refractivity contribution in [3.05, 3.63) is 52.0 Å². The average molecular weight is 263 g/mol. The van der Waals surface area contributed by atoms with Gasteiger partial charge < -0.3 is 9.15 Å². The van der Waals surface area contributed by atoms with Crippen molar-refractivity contribution < 1.29 is 9.15 Å². The Morgan fingerprint density at radius 1 is 1.33 bits per heavy atom. The number of aromatic nitrogens is 2. The number of benzene rings is 1. The molecule has 0 aliphatic carbocycles. The molecule has 0 bridgehead atoms. The van der Waals surface area contributed by atoms with Crippen molar-refractivity contribution in [2.45, 2.75) is 0 Å². The van der Waals surface area contributed by atoms with Gasteiger partial charge in [0.25, 0.3) is 5.88 Å². The maximum absolute atomic E-state index is 11.6. The number of nitrogens with zero attached hydrogens (tertiary/aromatic N) is 1. The highest BCUT2D eigenvalue weighted by atomic mass is 35.5. The van der Waals surface area contributed by atoms with E-state index in [4.69, 9.17) is 20.8 Å². The lowest BCUT2D eigenvalue weighted by Crippen LogP contribution is -2.07. The average Bonchev–Trinajstić information content (AvgIpc) is 2.82. The summed E-state index contributed by atoms with van der Waals surface area (Å²) in [4.78, 5) is 11.6. The van der Waals surface area contributed by atoms with Crippen molar-refractivity contribution in [3.63, 3.8) is 0 Å². The van der Waals surface area contributed by atoms with Gasteiger partial charge in [0.2, 0.25) is 5.43 Å². The summed E-state index contributed by atoms with van der Waals surface area (Å²) in [6.45, 7) is 0. The largest absolute Gasteiger partial charge is 0.460 e. The molecule has 18 heavy (non-hydrogen) atoms. The lowest BCUT2D eigenvalue weighted by Gasteiger charge is -2.03. The van der Waals surface area contributed by atoms with Gasteiger partial charge in [-0.1, -0.05) is 23.7 Å². The van der Waals surface area contributed by atoms with Crippen LogP contribution in [0.1, 0.15) is 0 Å². The number of rotatable bonds is 2. The van der Waals surface area contributed by atoms with Crippen LogP contribution in [0.3, 0.4) is 0 Å². The highest BCUT2D eigenvalue weighted by Gasteiger charge is 2.10. The molecule has 6 heteroatoms. The summed E-state index contributed by atoms with van der Waals surface area (Å²) < 4.78 is 10.7. The second kappa shape index (κ2) is 4.19. The number of para-hydroxylation sites is 1. The van der Waals surface area contributed by atoms with Gasteiger partial charge >= 0.3 is 0 Å². The Hall–Kier alpha value is -2.27. The third kappa shape index (κ3) is 1.84. The Bertz CT molecular complexity index is 763. The lowest BCUT2D eigenvalue weighted by molar-refractivity contribution is 0.444. The number of ether oxygens (including phenoxy) is 1. The fourth-order valence-electron chi connectivity index (χ4n) is 1.59. The van der Waals surface area contributed by atoms with Gasteiger partial charge in [0.05, 0.1) is 6.26 Å². The molecule has 2 aromatic heterocycles. The molecule has 0 saturated heterocycles. The van der Waals surface area contributed by atoms with E-state index >= 15 is 0 Å². The molecule has 0 aliphatic heterocycles. The number of fused-ring (bicyclic) bond motifs is 1. The van der Waals surface area contributed by atoms with Gasteiger partial charge in [-0.2, -0.15) is 0 Å². The zero-order chi connectivity index (χ0) is 12.5. The van der Waals surface area contributed by atoms with Crippen LogP contribution < -0.4 is 10.2 Å². The van der Waals surface area contributed by atoms with Gasteiger partial charge in [-0.15, -0.1) is 5.10 Å². The Morgan fingerprint density at radius 2 is 2.22 bits per heavy atom. The Balaban J connectivity index is 2.06. The van der Waals surface area contributed by atoms with E-state index in [0.29, 0.717) is 11.3 Å². The monoisotopic (exact) mass is 262 g/mol. The van der Waals surface area contributed by atoms with Crippen molar-refractivity contribution >= 4 is 22.6 Å². The van der Waals surface area contributed by atoms with Crippen molar-refractivity contribution in [2.75, 3.05) is 0 Å². The lowest BCUT2D eigenvalue weighted by atomic mass is 10.2. The molecule has 5 nitrogen and oxygen atoms in total. The van der Waals surface area contributed by atoms with Crippen LogP contribution in [0.2, 0.25) is 5.15 Å². The Labute approximate surface area is 106 Å². The predicted molar refractivity (Wildman–Crippen MR) is 66.2 cm³/mol. The van der Waals surface area contributed by atoms with Crippen LogP contribution in [0.25, 0.3) is 11.0 Å². The molecule has 1 aromatic carbocycles.